The van der Waals surface area contributed by atoms with E-state index in [1.54, 1.807) is 18.6 Å². The minimum absolute atomic E-state index is 0.191. The number of hydrogen-bond acceptors (Lipinski definition) is 5. The summed E-state index contributed by atoms with van der Waals surface area (Å²) in [6, 6.07) is 16.3. The van der Waals surface area contributed by atoms with Crippen LogP contribution in [0.3, 0.4) is 0 Å². The van der Waals surface area contributed by atoms with Crippen molar-refractivity contribution in [3.05, 3.63) is 83.9 Å². The van der Waals surface area contributed by atoms with Gasteiger partial charge in [0.2, 0.25) is 5.95 Å². The van der Waals surface area contributed by atoms with Crippen molar-refractivity contribution in [1.82, 2.24) is 20.3 Å². The lowest BCUT2D eigenvalue weighted by Gasteiger charge is -2.32. The summed E-state index contributed by atoms with van der Waals surface area (Å²) in [4.78, 5) is 27.5. The highest BCUT2D eigenvalue weighted by molar-refractivity contribution is 5.93. The molecule has 0 spiro atoms. The molecule has 0 radical (unpaired) electrons. The Kier molecular flexibility index (Phi) is 6.10. The topological polar surface area (TPSA) is 71.0 Å². The summed E-state index contributed by atoms with van der Waals surface area (Å²) >= 11 is 0. The van der Waals surface area contributed by atoms with E-state index in [4.69, 9.17) is 0 Å². The van der Waals surface area contributed by atoms with Gasteiger partial charge in [-0.25, -0.2) is 9.97 Å². The molecule has 6 heteroatoms. The van der Waals surface area contributed by atoms with E-state index in [0.29, 0.717) is 24.0 Å². The molecular formula is C23H25N5O. The molecule has 1 aliphatic heterocycles. The van der Waals surface area contributed by atoms with Crippen LogP contribution < -0.4 is 10.2 Å². The third-order valence-corrected chi connectivity index (χ3v) is 5.32. The number of anilines is 1. The predicted octanol–water partition coefficient (Wildman–Crippen LogP) is 3.26. The molecule has 2 aromatic heterocycles. The van der Waals surface area contributed by atoms with Crippen molar-refractivity contribution in [3.63, 3.8) is 0 Å². The van der Waals surface area contributed by atoms with Gasteiger partial charge in [-0.05, 0) is 42.9 Å². The van der Waals surface area contributed by atoms with E-state index in [1.165, 1.54) is 5.56 Å². The van der Waals surface area contributed by atoms with Crippen LogP contribution in [0.15, 0.2) is 67.1 Å². The average Bonchev–Trinajstić information content (AvgIpc) is 2.79. The molecule has 148 valence electrons. The zero-order valence-electron chi connectivity index (χ0n) is 16.4. The number of rotatable bonds is 6. The highest BCUT2D eigenvalue weighted by atomic mass is 16.1. The van der Waals surface area contributed by atoms with E-state index in [-0.39, 0.29) is 5.91 Å². The summed E-state index contributed by atoms with van der Waals surface area (Å²) in [7, 11) is 0. The van der Waals surface area contributed by atoms with Gasteiger partial charge in [-0.15, -0.1) is 0 Å². The van der Waals surface area contributed by atoms with E-state index in [2.05, 4.69) is 55.5 Å². The first-order valence-electron chi connectivity index (χ1n) is 10.1. The quantitative estimate of drug-likeness (QED) is 0.703. The van der Waals surface area contributed by atoms with Gasteiger partial charge in [0.15, 0.2) is 0 Å². The number of carbonyl (C=O) groups is 1. The number of nitrogens with zero attached hydrogens (tertiary/aromatic N) is 4. The highest BCUT2D eigenvalue weighted by Gasteiger charge is 2.21. The largest absolute Gasteiger partial charge is 0.346 e. The second kappa shape index (κ2) is 9.28. The Bertz CT molecular complexity index is 907. The Morgan fingerprint density at radius 1 is 0.966 bits per heavy atom. The van der Waals surface area contributed by atoms with Crippen LogP contribution in [0.1, 0.15) is 34.5 Å². The van der Waals surface area contributed by atoms with Crippen molar-refractivity contribution < 1.29 is 4.79 Å². The summed E-state index contributed by atoms with van der Waals surface area (Å²) in [5.41, 5.74) is 2.68. The number of hydrogen-bond donors (Lipinski definition) is 1. The van der Waals surface area contributed by atoms with Crippen LogP contribution in [0, 0.1) is 5.92 Å². The molecule has 1 aliphatic rings. The Balaban J connectivity index is 1.27. The summed E-state index contributed by atoms with van der Waals surface area (Å²) in [6.07, 6.45) is 8.31. The summed E-state index contributed by atoms with van der Waals surface area (Å²) in [5, 5.41) is 2.85. The second-order valence-electron chi connectivity index (χ2n) is 7.40. The highest BCUT2D eigenvalue weighted by Crippen LogP contribution is 2.23. The minimum atomic E-state index is -0.191. The monoisotopic (exact) mass is 387 g/mol. The summed E-state index contributed by atoms with van der Waals surface area (Å²) < 4.78 is 0. The van der Waals surface area contributed by atoms with Crippen LogP contribution in [0.25, 0.3) is 0 Å². The van der Waals surface area contributed by atoms with Gasteiger partial charge in [-0.2, -0.15) is 0 Å². The van der Waals surface area contributed by atoms with Gasteiger partial charge in [0.1, 0.15) is 0 Å². The molecule has 1 saturated heterocycles. The lowest BCUT2D eigenvalue weighted by molar-refractivity contribution is 0.0949. The van der Waals surface area contributed by atoms with Gasteiger partial charge in [-0.1, -0.05) is 36.4 Å². The molecule has 1 amide bonds. The molecule has 0 atom stereocenters. The van der Waals surface area contributed by atoms with E-state index in [0.717, 1.165) is 38.0 Å². The van der Waals surface area contributed by atoms with Crippen molar-refractivity contribution in [1.29, 1.82) is 0 Å². The van der Waals surface area contributed by atoms with E-state index in [1.807, 2.05) is 18.2 Å². The number of amides is 1. The fourth-order valence-electron chi connectivity index (χ4n) is 3.66. The first-order valence-corrected chi connectivity index (χ1v) is 10.1. The molecule has 4 rings (SSSR count). The molecule has 1 N–H and O–H groups in total. The molecule has 1 aromatic carbocycles. The Morgan fingerprint density at radius 2 is 1.69 bits per heavy atom. The number of nitrogens with one attached hydrogen (secondary N) is 1. The molecule has 6 nitrogen and oxygen atoms in total. The Hall–Kier alpha value is -3.28. The van der Waals surface area contributed by atoms with Crippen LogP contribution >= 0.6 is 0 Å². The maximum absolute atomic E-state index is 12.3. The summed E-state index contributed by atoms with van der Waals surface area (Å²) in [6.45, 7) is 2.28. The second-order valence-corrected chi connectivity index (χ2v) is 7.40. The number of benzene rings is 1. The van der Waals surface area contributed by atoms with Crippen molar-refractivity contribution in [2.45, 2.75) is 25.8 Å². The first kappa shape index (κ1) is 19.1. The number of carbonyl (C=O) groups excluding carboxylic acids is 1. The van der Waals surface area contributed by atoms with Crippen LogP contribution in [-0.2, 0) is 13.0 Å². The smallest absolute Gasteiger partial charge is 0.254 e. The fraction of sp³-hybridized carbons (Fsp3) is 0.304. The summed E-state index contributed by atoms with van der Waals surface area (Å²) in [5.74, 6) is 1.21. The normalized spacial score (nSPS) is 14.6. The number of piperidine rings is 1. The number of aromatic nitrogens is 3. The molecule has 0 unspecified atom stereocenters. The van der Waals surface area contributed by atoms with E-state index >= 15 is 0 Å². The maximum Gasteiger partial charge on any atom is 0.254 e. The SMILES string of the molecule is O=C(NCc1ccccn1)c1cnc(N2CCC(Cc3ccccc3)CC2)nc1. The van der Waals surface area contributed by atoms with Gasteiger partial charge in [0.05, 0.1) is 17.8 Å². The van der Waals surface area contributed by atoms with Gasteiger partial charge in [0.25, 0.3) is 5.91 Å². The van der Waals surface area contributed by atoms with Crippen molar-refractivity contribution >= 4 is 11.9 Å². The fourth-order valence-corrected chi connectivity index (χ4v) is 3.66. The lowest BCUT2D eigenvalue weighted by Crippen LogP contribution is -2.35. The van der Waals surface area contributed by atoms with Crippen LogP contribution in [0.5, 0.6) is 0 Å². The first-order chi connectivity index (χ1) is 14.3. The zero-order chi connectivity index (χ0) is 19.9. The molecule has 0 bridgehead atoms. The third-order valence-electron chi connectivity index (χ3n) is 5.32. The van der Waals surface area contributed by atoms with Crippen LogP contribution in [0.2, 0.25) is 0 Å². The molecule has 3 aromatic rings. The predicted molar refractivity (Wildman–Crippen MR) is 113 cm³/mol. The molecule has 0 aliphatic carbocycles. The average molecular weight is 387 g/mol. The van der Waals surface area contributed by atoms with Gasteiger partial charge in [-0.3, -0.25) is 9.78 Å². The molecule has 0 saturated carbocycles. The lowest BCUT2D eigenvalue weighted by atomic mass is 9.90. The van der Waals surface area contributed by atoms with E-state index in [9.17, 15) is 4.79 Å². The van der Waals surface area contributed by atoms with Crippen LogP contribution in [-0.4, -0.2) is 33.9 Å². The van der Waals surface area contributed by atoms with Gasteiger partial charge in [0, 0.05) is 31.7 Å². The standard InChI is InChI=1S/C23H25N5O/c29-22(25-17-21-8-4-5-11-24-21)20-15-26-23(27-16-20)28-12-9-19(10-13-28)14-18-6-2-1-3-7-18/h1-8,11,15-16,19H,9-10,12-14,17H2,(H,25,29). The third kappa shape index (κ3) is 5.16. The maximum atomic E-state index is 12.3. The minimum Gasteiger partial charge on any atom is -0.346 e. The van der Waals surface area contributed by atoms with Crippen LogP contribution in [0.4, 0.5) is 5.95 Å². The zero-order valence-corrected chi connectivity index (χ0v) is 16.4. The number of pyridine rings is 1. The van der Waals surface area contributed by atoms with Crippen molar-refractivity contribution in [3.8, 4) is 0 Å². The molecular weight excluding hydrogens is 362 g/mol. The van der Waals surface area contributed by atoms with E-state index < -0.39 is 0 Å². The molecule has 29 heavy (non-hydrogen) atoms. The van der Waals surface area contributed by atoms with Gasteiger partial charge < -0.3 is 10.2 Å². The Labute approximate surface area is 171 Å². The molecule has 3 heterocycles. The van der Waals surface area contributed by atoms with Gasteiger partial charge >= 0.3 is 0 Å². The Morgan fingerprint density at radius 3 is 2.38 bits per heavy atom. The van der Waals surface area contributed by atoms with Crippen molar-refractivity contribution in [2.75, 3.05) is 18.0 Å². The van der Waals surface area contributed by atoms with Crippen molar-refractivity contribution in [2.24, 2.45) is 5.92 Å². The molecule has 1 fully saturated rings.